The SMILES string of the molecule is Cc1ccc(N2CC(N3CCN(C)CC3)C2)cc1C(=O)NC1(c2ccnc3ccccc23)CC1. The van der Waals surface area contributed by atoms with Gasteiger partial charge < -0.3 is 15.1 Å². The molecule has 3 aliphatic rings. The average Bonchev–Trinajstić information content (AvgIpc) is 3.60. The van der Waals surface area contributed by atoms with Crippen LogP contribution in [0.25, 0.3) is 10.9 Å². The number of benzene rings is 2. The molecule has 1 N–H and O–H groups in total. The molecule has 3 fully saturated rings. The molecule has 2 aliphatic heterocycles. The van der Waals surface area contributed by atoms with Crippen LogP contribution in [0.15, 0.2) is 54.7 Å². The number of nitrogens with one attached hydrogen (secondary N) is 1. The summed E-state index contributed by atoms with van der Waals surface area (Å²) in [7, 11) is 2.20. The fraction of sp³-hybridized carbons (Fsp3) is 0.429. The van der Waals surface area contributed by atoms with Gasteiger partial charge in [-0.2, -0.15) is 0 Å². The largest absolute Gasteiger partial charge is 0.368 e. The van der Waals surface area contributed by atoms with E-state index in [1.807, 2.05) is 31.3 Å². The molecule has 6 nitrogen and oxygen atoms in total. The fourth-order valence-corrected chi connectivity index (χ4v) is 5.52. The summed E-state index contributed by atoms with van der Waals surface area (Å²) in [6, 6.07) is 17.2. The third-order valence-corrected chi connectivity index (χ3v) is 8.01. The van der Waals surface area contributed by atoms with Crippen molar-refractivity contribution >= 4 is 22.5 Å². The van der Waals surface area contributed by atoms with Gasteiger partial charge in [0.2, 0.25) is 0 Å². The minimum Gasteiger partial charge on any atom is -0.368 e. The van der Waals surface area contributed by atoms with E-state index in [1.54, 1.807) is 0 Å². The minimum absolute atomic E-state index is 0.0221. The van der Waals surface area contributed by atoms with Crippen LogP contribution in [0.4, 0.5) is 5.69 Å². The molecule has 1 aromatic heterocycles. The summed E-state index contributed by atoms with van der Waals surface area (Å²) in [4.78, 5) is 25.4. The van der Waals surface area contributed by atoms with Crippen molar-refractivity contribution in [2.75, 3.05) is 51.2 Å². The number of nitrogens with zero attached hydrogens (tertiary/aromatic N) is 4. The standard InChI is InChI=1S/C28H33N5O/c1-20-7-8-21(33-18-22(19-33)32-15-13-31(2)14-16-32)17-24(20)27(34)30-28(10-11-28)25-9-12-29-26-6-4-3-5-23(25)26/h3-9,12,17,22H,10-11,13-16,18-19H2,1-2H3,(H,30,34). The van der Waals surface area contributed by atoms with E-state index in [0.717, 1.165) is 79.8 Å². The Morgan fingerprint density at radius 2 is 1.79 bits per heavy atom. The Bertz CT molecular complexity index is 1220. The van der Waals surface area contributed by atoms with E-state index >= 15 is 0 Å². The zero-order valence-corrected chi connectivity index (χ0v) is 20.1. The Morgan fingerprint density at radius 3 is 2.56 bits per heavy atom. The smallest absolute Gasteiger partial charge is 0.252 e. The first-order valence-electron chi connectivity index (χ1n) is 12.5. The zero-order valence-electron chi connectivity index (χ0n) is 20.1. The van der Waals surface area contributed by atoms with Gasteiger partial charge in [0.25, 0.3) is 5.91 Å². The lowest BCUT2D eigenvalue weighted by Crippen LogP contribution is -2.63. The predicted molar refractivity (Wildman–Crippen MR) is 136 cm³/mol. The molecule has 2 saturated heterocycles. The first kappa shape index (κ1) is 21.6. The molecule has 0 spiro atoms. The number of aryl methyl sites for hydroxylation is 1. The lowest BCUT2D eigenvalue weighted by Gasteiger charge is -2.49. The van der Waals surface area contributed by atoms with Gasteiger partial charge in [-0.25, -0.2) is 0 Å². The lowest BCUT2D eigenvalue weighted by molar-refractivity contribution is 0.0930. The molecule has 3 aromatic rings. The highest BCUT2D eigenvalue weighted by Gasteiger charge is 2.47. The summed E-state index contributed by atoms with van der Waals surface area (Å²) in [5, 5.41) is 4.53. The van der Waals surface area contributed by atoms with Crippen LogP contribution < -0.4 is 10.2 Å². The number of likely N-dealkylation sites (N-methyl/N-ethyl adjacent to an activating group) is 1. The first-order chi connectivity index (χ1) is 16.5. The van der Waals surface area contributed by atoms with E-state index in [4.69, 9.17) is 0 Å². The van der Waals surface area contributed by atoms with Crippen LogP contribution in [-0.4, -0.2) is 73.0 Å². The van der Waals surface area contributed by atoms with E-state index in [2.05, 4.69) is 62.4 Å². The second-order valence-electron chi connectivity index (χ2n) is 10.3. The van der Waals surface area contributed by atoms with Gasteiger partial charge in [0.05, 0.1) is 11.1 Å². The minimum atomic E-state index is -0.286. The highest BCUT2D eigenvalue weighted by molar-refractivity contribution is 5.98. The van der Waals surface area contributed by atoms with Gasteiger partial charge in [-0.1, -0.05) is 24.3 Å². The summed E-state index contributed by atoms with van der Waals surface area (Å²) < 4.78 is 0. The fourth-order valence-electron chi connectivity index (χ4n) is 5.52. The maximum absolute atomic E-state index is 13.5. The average molecular weight is 456 g/mol. The normalized spacial score (nSPS) is 20.8. The molecule has 2 aromatic carbocycles. The van der Waals surface area contributed by atoms with E-state index in [0.29, 0.717) is 6.04 Å². The van der Waals surface area contributed by atoms with Crippen molar-refractivity contribution in [3.63, 3.8) is 0 Å². The summed E-state index contributed by atoms with van der Waals surface area (Å²) in [5.74, 6) is 0.0221. The molecule has 6 rings (SSSR count). The quantitative estimate of drug-likeness (QED) is 0.639. The topological polar surface area (TPSA) is 51.7 Å². The molecule has 1 aliphatic carbocycles. The molecule has 34 heavy (non-hydrogen) atoms. The molecule has 3 heterocycles. The van der Waals surface area contributed by atoms with Crippen LogP contribution in [0.3, 0.4) is 0 Å². The van der Waals surface area contributed by atoms with Crippen LogP contribution in [-0.2, 0) is 5.54 Å². The number of fused-ring (bicyclic) bond motifs is 1. The Hall–Kier alpha value is -2.96. The molecule has 0 atom stereocenters. The van der Waals surface area contributed by atoms with Crippen LogP contribution in [0.1, 0.15) is 34.3 Å². The number of carbonyl (C=O) groups excluding carboxylic acids is 1. The summed E-state index contributed by atoms with van der Waals surface area (Å²) in [6.07, 6.45) is 3.78. The van der Waals surface area contributed by atoms with Crippen LogP contribution in [0.2, 0.25) is 0 Å². The van der Waals surface area contributed by atoms with E-state index in [-0.39, 0.29) is 11.4 Å². The number of piperazine rings is 1. The number of hydrogen-bond donors (Lipinski definition) is 1. The van der Waals surface area contributed by atoms with Gasteiger partial charge in [-0.15, -0.1) is 0 Å². The Labute approximate surface area is 201 Å². The number of anilines is 1. The highest BCUT2D eigenvalue weighted by atomic mass is 16.1. The zero-order chi connectivity index (χ0) is 23.3. The Morgan fingerprint density at radius 1 is 1.03 bits per heavy atom. The van der Waals surface area contributed by atoms with Crippen LogP contribution >= 0.6 is 0 Å². The number of rotatable bonds is 5. The molecule has 0 bridgehead atoms. The Kier molecular flexibility index (Phi) is 5.30. The van der Waals surface area contributed by atoms with Crippen molar-refractivity contribution in [1.29, 1.82) is 0 Å². The second kappa shape index (κ2) is 8.36. The summed E-state index contributed by atoms with van der Waals surface area (Å²) >= 11 is 0. The summed E-state index contributed by atoms with van der Waals surface area (Å²) in [6.45, 7) is 8.73. The van der Waals surface area contributed by atoms with Gasteiger partial charge >= 0.3 is 0 Å². The van der Waals surface area contributed by atoms with Gasteiger partial charge in [0, 0.05) is 68.1 Å². The predicted octanol–water partition coefficient (Wildman–Crippen LogP) is 3.40. The van der Waals surface area contributed by atoms with Gasteiger partial charge in [0.1, 0.15) is 0 Å². The van der Waals surface area contributed by atoms with Gasteiger partial charge in [-0.05, 0) is 62.2 Å². The molecule has 0 radical (unpaired) electrons. The number of aromatic nitrogens is 1. The number of amides is 1. The maximum Gasteiger partial charge on any atom is 0.252 e. The van der Waals surface area contributed by atoms with Crippen molar-refractivity contribution in [3.05, 3.63) is 71.4 Å². The first-order valence-corrected chi connectivity index (χ1v) is 12.5. The van der Waals surface area contributed by atoms with Crippen LogP contribution in [0, 0.1) is 6.92 Å². The molecule has 1 saturated carbocycles. The van der Waals surface area contributed by atoms with Crippen molar-refractivity contribution in [3.8, 4) is 0 Å². The molecule has 176 valence electrons. The third-order valence-electron chi connectivity index (χ3n) is 8.01. The molecule has 1 amide bonds. The molecular formula is C28H33N5O. The van der Waals surface area contributed by atoms with Crippen LogP contribution in [0.5, 0.6) is 0 Å². The number of para-hydroxylation sites is 1. The van der Waals surface area contributed by atoms with Crippen molar-refractivity contribution in [2.24, 2.45) is 0 Å². The second-order valence-corrected chi connectivity index (χ2v) is 10.3. The van der Waals surface area contributed by atoms with Gasteiger partial charge in [0.15, 0.2) is 0 Å². The number of hydrogen-bond acceptors (Lipinski definition) is 5. The highest BCUT2D eigenvalue weighted by Crippen LogP contribution is 2.48. The lowest BCUT2D eigenvalue weighted by atomic mass is 9.98. The maximum atomic E-state index is 13.5. The molecule has 6 heteroatoms. The third kappa shape index (κ3) is 3.85. The molecule has 0 unspecified atom stereocenters. The monoisotopic (exact) mass is 455 g/mol. The number of carbonyl (C=O) groups is 1. The number of pyridine rings is 1. The Balaban J connectivity index is 1.18. The van der Waals surface area contributed by atoms with Crippen molar-refractivity contribution < 1.29 is 4.79 Å². The van der Waals surface area contributed by atoms with Crippen molar-refractivity contribution in [1.82, 2.24) is 20.1 Å². The van der Waals surface area contributed by atoms with E-state index in [9.17, 15) is 4.79 Å². The van der Waals surface area contributed by atoms with E-state index in [1.165, 1.54) is 5.56 Å². The van der Waals surface area contributed by atoms with E-state index < -0.39 is 0 Å². The molecular weight excluding hydrogens is 422 g/mol. The van der Waals surface area contributed by atoms with Gasteiger partial charge in [-0.3, -0.25) is 14.7 Å². The summed E-state index contributed by atoms with van der Waals surface area (Å²) in [5.41, 5.74) is 4.83. The van der Waals surface area contributed by atoms with Crippen molar-refractivity contribution in [2.45, 2.75) is 31.3 Å².